The van der Waals surface area contributed by atoms with Gasteiger partial charge in [0.25, 0.3) is 0 Å². The molecule has 0 radical (unpaired) electrons. The molecule has 0 amide bonds. The zero-order valence-corrected chi connectivity index (χ0v) is 13.8. The van der Waals surface area contributed by atoms with Gasteiger partial charge < -0.3 is 5.11 Å². The van der Waals surface area contributed by atoms with Crippen LogP contribution in [-0.2, 0) is 4.79 Å². The zero-order chi connectivity index (χ0) is 13.9. The Hall–Kier alpha value is -0.0231. The Morgan fingerprint density at radius 1 is 0.889 bits per heavy atom. The third-order valence-electron chi connectivity index (χ3n) is 3.16. The summed E-state index contributed by atoms with van der Waals surface area (Å²) in [6.45, 7) is 4.43. The first-order chi connectivity index (χ1) is 8.42. The second kappa shape index (κ2) is 10.9. The Kier molecular flexibility index (Phi) is 10.8. The number of unbranched alkanes of at least 4 members (excludes halogenated alkanes) is 8. The summed E-state index contributed by atoms with van der Waals surface area (Å²) in [4.78, 5) is 10.3. The highest BCUT2D eigenvalue weighted by Gasteiger charge is 2.15. The van der Waals surface area contributed by atoms with Gasteiger partial charge in [0.1, 0.15) is 7.38 Å². The van der Waals surface area contributed by atoms with Crippen molar-refractivity contribution in [1.29, 1.82) is 0 Å². The van der Waals surface area contributed by atoms with Crippen LogP contribution < -0.4 is 0 Å². The van der Waals surface area contributed by atoms with Gasteiger partial charge in [0.15, 0.2) is 0 Å². The smallest absolute Gasteiger partial charge is 0.303 e. The number of carbonyl (C=O) groups is 1. The van der Waals surface area contributed by atoms with Gasteiger partial charge in [-0.15, -0.1) is 0 Å². The molecule has 4 heteroatoms. The summed E-state index contributed by atoms with van der Waals surface area (Å²) < 4.78 is 0. The summed E-state index contributed by atoms with van der Waals surface area (Å²) >= 11 is 6.26. The predicted octanol–water partition coefficient (Wildman–Crippen LogP) is 5.42. The third-order valence-corrected chi connectivity index (χ3v) is 5.27. The summed E-state index contributed by atoms with van der Waals surface area (Å²) in [5.41, 5.74) is 0. The van der Waals surface area contributed by atoms with Gasteiger partial charge in [-0.3, -0.25) is 4.79 Å². The fourth-order valence-corrected chi connectivity index (χ4v) is 3.55. The number of carboxylic acids is 1. The van der Waals surface area contributed by atoms with E-state index >= 15 is 0 Å². The SMILES string of the molecule is C[Si](C)(Cl)CCCCCCCCCCCC(=O)O. The Bertz CT molecular complexity index is 214. The van der Waals surface area contributed by atoms with Crippen LogP contribution in [0.2, 0.25) is 19.1 Å². The summed E-state index contributed by atoms with van der Waals surface area (Å²) in [7, 11) is -1.33. The van der Waals surface area contributed by atoms with Crippen LogP contribution in [0.15, 0.2) is 0 Å². The molecule has 0 aromatic heterocycles. The molecule has 0 aliphatic rings. The molecule has 2 nitrogen and oxygen atoms in total. The lowest BCUT2D eigenvalue weighted by Gasteiger charge is -2.11. The quantitative estimate of drug-likeness (QED) is 0.296. The molecule has 18 heavy (non-hydrogen) atoms. The van der Waals surface area contributed by atoms with Gasteiger partial charge in [0.2, 0.25) is 0 Å². The molecule has 0 aromatic carbocycles. The van der Waals surface area contributed by atoms with Crippen LogP contribution >= 0.6 is 11.1 Å². The first kappa shape index (κ1) is 18.0. The molecule has 0 spiro atoms. The Labute approximate surface area is 118 Å². The van der Waals surface area contributed by atoms with Crippen molar-refractivity contribution in [2.45, 2.75) is 83.3 Å². The summed E-state index contributed by atoms with van der Waals surface area (Å²) in [6.07, 6.45) is 11.3. The first-order valence-corrected chi connectivity index (χ1v) is 11.5. The molecule has 0 unspecified atom stereocenters. The van der Waals surface area contributed by atoms with Crippen molar-refractivity contribution < 1.29 is 9.90 Å². The molecule has 0 rings (SSSR count). The van der Waals surface area contributed by atoms with Crippen molar-refractivity contribution in [3.8, 4) is 0 Å². The standard InChI is InChI=1S/C14H29ClO2Si/c1-18(2,15)13-11-9-7-5-3-4-6-8-10-12-14(16)17/h3-13H2,1-2H3,(H,16,17). The Morgan fingerprint density at radius 3 is 1.67 bits per heavy atom. The van der Waals surface area contributed by atoms with Crippen molar-refractivity contribution in [3.05, 3.63) is 0 Å². The fourth-order valence-electron chi connectivity index (χ4n) is 2.06. The minimum absolute atomic E-state index is 0.331. The van der Waals surface area contributed by atoms with Crippen molar-refractivity contribution >= 4 is 24.4 Å². The minimum atomic E-state index is -1.33. The largest absolute Gasteiger partial charge is 0.481 e. The van der Waals surface area contributed by atoms with E-state index in [0.717, 1.165) is 12.8 Å². The maximum atomic E-state index is 10.3. The summed E-state index contributed by atoms with van der Waals surface area (Å²) in [6, 6.07) is 1.24. The predicted molar refractivity (Wildman–Crippen MR) is 81.9 cm³/mol. The molecule has 0 saturated heterocycles. The molecule has 0 atom stereocenters. The van der Waals surface area contributed by atoms with Crippen LogP contribution in [0.25, 0.3) is 0 Å². The van der Waals surface area contributed by atoms with Gasteiger partial charge in [-0.2, -0.15) is 11.1 Å². The Morgan fingerprint density at radius 2 is 1.28 bits per heavy atom. The molecule has 0 heterocycles. The van der Waals surface area contributed by atoms with E-state index in [1.807, 2.05) is 0 Å². The summed E-state index contributed by atoms with van der Waals surface area (Å²) in [5, 5.41) is 8.49. The normalized spacial score (nSPS) is 11.7. The van der Waals surface area contributed by atoms with Crippen LogP contribution in [-0.4, -0.2) is 18.5 Å². The van der Waals surface area contributed by atoms with Gasteiger partial charge in [-0.1, -0.05) is 64.5 Å². The van der Waals surface area contributed by atoms with E-state index in [9.17, 15) is 4.79 Å². The van der Waals surface area contributed by atoms with Crippen molar-refractivity contribution in [2.24, 2.45) is 0 Å². The number of halogens is 1. The molecule has 1 N–H and O–H groups in total. The number of hydrogen-bond donors (Lipinski definition) is 1. The van der Waals surface area contributed by atoms with E-state index in [1.54, 1.807) is 0 Å². The van der Waals surface area contributed by atoms with E-state index in [0.29, 0.717) is 6.42 Å². The topological polar surface area (TPSA) is 37.3 Å². The highest BCUT2D eigenvalue weighted by molar-refractivity contribution is 7.19. The molecule has 0 fully saturated rings. The molecule has 108 valence electrons. The molecular formula is C14H29ClO2Si. The highest BCUT2D eigenvalue weighted by Crippen LogP contribution is 2.19. The van der Waals surface area contributed by atoms with E-state index in [-0.39, 0.29) is 0 Å². The Balaban J connectivity index is 3.06. The van der Waals surface area contributed by atoms with Crippen LogP contribution in [0.3, 0.4) is 0 Å². The maximum absolute atomic E-state index is 10.3. The second-order valence-corrected chi connectivity index (χ2v) is 12.8. The molecule has 0 saturated carbocycles. The lowest BCUT2D eigenvalue weighted by Crippen LogP contribution is -2.14. The van der Waals surface area contributed by atoms with E-state index in [2.05, 4.69) is 13.1 Å². The van der Waals surface area contributed by atoms with Crippen LogP contribution in [0.4, 0.5) is 0 Å². The number of rotatable bonds is 12. The molecule has 0 aromatic rings. The van der Waals surface area contributed by atoms with E-state index in [1.165, 1.54) is 51.0 Å². The molecule has 0 aliphatic carbocycles. The number of carboxylic acid groups (broad SMARTS) is 1. The minimum Gasteiger partial charge on any atom is -0.481 e. The third kappa shape index (κ3) is 16.0. The van der Waals surface area contributed by atoms with Crippen molar-refractivity contribution in [3.63, 3.8) is 0 Å². The van der Waals surface area contributed by atoms with E-state index in [4.69, 9.17) is 16.2 Å². The fraction of sp³-hybridized carbons (Fsp3) is 0.929. The number of hydrogen-bond acceptors (Lipinski definition) is 1. The average molecular weight is 293 g/mol. The highest BCUT2D eigenvalue weighted by atomic mass is 35.6. The van der Waals surface area contributed by atoms with Gasteiger partial charge in [-0.05, 0) is 12.5 Å². The van der Waals surface area contributed by atoms with Gasteiger partial charge in [0.05, 0.1) is 0 Å². The zero-order valence-electron chi connectivity index (χ0n) is 12.0. The molecule has 0 bridgehead atoms. The second-order valence-electron chi connectivity index (χ2n) is 5.79. The van der Waals surface area contributed by atoms with Crippen LogP contribution in [0.1, 0.15) is 64.2 Å². The van der Waals surface area contributed by atoms with Crippen LogP contribution in [0, 0.1) is 0 Å². The van der Waals surface area contributed by atoms with E-state index < -0.39 is 13.4 Å². The average Bonchev–Trinajstić information content (AvgIpc) is 2.24. The van der Waals surface area contributed by atoms with Gasteiger partial charge in [-0.25, -0.2) is 0 Å². The first-order valence-electron chi connectivity index (χ1n) is 7.32. The lowest BCUT2D eigenvalue weighted by molar-refractivity contribution is -0.137. The lowest BCUT2D eigenvalue weighted by atomic mass is 10.1. The van der Waals surface area contributed by atoms with Gasteiger partial charge >= 0.3 is 5.97 Å². The van der Waals surface area contributed by atoms with Crippen LogP contribution in [0.5, 0.6) is 0 Å². The van der Waals surface area contributed by atoms with Crippen molar-refractivity contribution in [1.82, 2.24) is 0 Å². The molecular weight excluding hydrogens is 264 g/mol. The molecule has 0 aliphatic heterocycles. The maximum Gasteiger partial charge on any atom is 0.303 e. The van der Waals surface area contributed by atoms with Gasteiger partial charge in [0, 0.05) is 6.42 Å². The summed E-state index contributed by atoms with van der Waals surface area (Å²) in [5.74, 6) is -0.666. The van der Waals surface area contributed by atoms with Crippen molar-refractivity contribution in [2.75, 3.05) is 0 Å². The number of aliphatic carboxylic acids is 1. The monoisotopic (exact) mass is 292 g/mol.